The summed E-state index contributed by atoms with van der Waals surface area (Å²) in [4.78, 5) is 2.66. The predicted molar refractivity (Wildman–Crippen MR) is 82.3 cm³/mol. The summed E-state index contributed by atoms with van der Waals surface area (Å²) in [6, 6.07) is 12.5. The van der Waals surface area contributed by atoms with Crippen LogP contribution in [0.5, 0.6) is 0 Å². The van der Waals surface area contributed by atoms with Gasteiger partial charge in [-0.1, -0.05) is 51.1 Å². The molecule has 19 heavy (non-hydrogen) atoms. The van der Waals surface area contributed by atoms with Crippen molar-refractivity contribution in [2.75, 3.05) is 13.1 Å². The lowest BCUT2D eigenvalue weighted by Crippen LogP contribution is -2.57. The van der Waals surface area contributed by atoms with Gasteiger partial charge in [0.15, 0.2) is 0 Å². The van der Waals surface area contributed by atoms with Gasteiger partial charge in [-0.05, 0) is 24.8 Å². The lowest BCUT2D eigenvalue weighted by Gasteiger charge is -2.46. The Morgan fingerprint density at radius 2 is 1.84 bits per heavy atom. The van der Waals surface area contributed by atoms with Crippen LogP contribution in [0.25, 0.3) is 0 Å². The molecule has 0 radical (unpaired) electrons. The highest BCUT2D eigenvalue weighted by Crippen LogP contribution is 2.29. The average Bonchev–Trinajstić information content (AvgIpc) is 2.38. The number of nitrogens with one attached hydrogen (secondary N) is 1. The fourth-order valence-corrected chi connectivity index (χ4v) is 2.83. The number of rotatable bonds is 2. The molecule has 3 unspecified atom stereocenters. The van der Waals surface area contributed by atoms with E-state index in [1.54, 1.807) is 0 Å². The van der Waals surface area contributed by atoms with Crippen molar-refractivity contribution in [2.24, 2.45) is 5.41 Å². The molecule has 1 saturated heterocycles. The molecule has 2 heteroatoms. The molecule has 0 aromatic heterocycles. The number of hydrogen-bond acceptors (Lipinski definition) is 2. The highest BCUT2D eigenvalue weighted by Gasteiger charge is 2.34. The minimum absolute atomic E-state index is 0.326. The zero-order valence-corrected chi connectivity index (χ0v) is 13.0. The van der Waals surface area contributed by atoms with E-state index in [0.29, 0.717) is 23.5 Å². The SMILES string of the molecule is CC1CNC(c2ccccc2)CN1C(C)C(C)(C)C. The van der Waals surface area contributed by atoms with E-state index in [2.05, 4.69) is 75.2 Å². The molecule has 106 valence electrons. The van der Waals surface area contributed by atoms with Crippen LogP contribution >= 0.6 is 0 Å². The van der Waals surface area contributed by atoms with Gasteiger partial charge in [-0.2, -0.15) is 0 Å². The van der Waals surface area contributed by atoms with E-state index < -0.39 is 0 Å². The molecule has 2 rings (SSSR count). The molecule has 3 atom stereocenters. The zero-order valence-electron chi connectivity index (χ0n) is 13.0. The molecule has 1 N–H and O–H groups in total. The monoisotopic (exact) mass is 260 g/mol. The Bertz CT molecular complexity index is 393. The molecule has 0 amide bonds. The number of nitrogens with zero attached hydrogens (tertiary/aromatic N) is 1. The predicted octanol–water partition coefficient (Wildman–Crippen LogP) is 3.46. The van der Waals surface area contributed by atoms with Crippen molar-refractivity contribution in [3.8, 4) is 0 Å². The normalized spacial score (nSPS) is 27.2. The topological polar surface area (TPSA) is 15.3 Å². The van der Waals surface area contributed by atoms with Crippen molar-refractivity contribution >= 4 is 0 Å². The molecule has 1 fully saturated rings. The highest BCUT2D eigenvalue weighted by molar-refractivity contribution is 5.20. The minimum atomic E-state index is 0.326. The number of benzene rings is 1. The molecule has 2 nitrogen and oxygen atoms in total. The molecule has 0 saturated carbocycles. The maximum atomic E-state index is 3.68. The molecule has 0 aliphatic carbocycles. The molecule has 1 aliphatic rings. The summed E-state index contributed by atoms with van der Waals surface area (Å²) < 4.78 is 0. The Balaban J connectivity index is 2.12. The molecule has 0 bridgehead atoms. The summed E-state index contributed by atoms with van der Waals surface area (Å²) in [6.45, 7) is 13.9. The van der Waals surface area contributed by atoms with Crippen LogP contribution in [-0.2, 0) is 0 Å². The quantitative estimate of drug-likeness (QED) is 0.876. The van der Waals surface area contributed by atoms with Gasteiger partial charge in [-0.15, -0.1) is 0 Å². The Morgan fingerprint density at radius 1 is 1.21 bits per heavy atom. The summed E-state index contributed by atoms with van der Waals surface area (Å²) in [5, 5.41) is 3.68. The standard InChI is InChI=1S/C17H28N2/c1-13-11-18-16(15-9-7-6-8-10-15)12-19(13)14(2)17(3,4)5/h6-10,13-14,16,18H,11-12H2,1-5H3. The van der Waals surface area contributed by atoms with Gasteiger partial charge in [-0.25, -0.2) is 0 Å². The number of hydrogen-bond donors (Lipinski definition) is 1. The molecule has 1 aromatic carbocycles. The van der Waals surface area contributed by atoms with E-state index in [1.807, 2.05) is 0 Å². The first-order valence-corrected chi connectivity index (χ1v) is 7.43. The van der Waals surface area contributed by atoms with Crippen molar-refractivity contribution in [3.63, 3.8) is 0 Å². The first kappa shape index (κ1) is 14.5. The second kappa shape index (κ2) is 5.64. The second-order valence-electron chi connectivity index (χ2n) is 6.96. The van der Waals surface area contributed by atoms with Crippen molar-refractivity contribution in [1.29, 1.82) is 0 Å². The third kappa shape index (κ3) is 3.37. The fraction of sp³-hybridized carbons (Fsp3) is 0.647. The van der Waals surface area contributed by atoms with E-state index in [0.717, 1.165) is 13.1 Å². The third-order valence-electron chi connectivity index (χ3n) is 4.57. The van der Waals surface area contributed by atoms with Gasteiger partial charge in [0.05, 0.1) is 0 Å². The number of piperazine rings is 1. The van der Waals surface area contributed by atoms with Crippen LogP contribution in [0.4, 0.5) is 0 Å². The van der Waals surface area contributed by atoms with E-state index in [1.165, 1.54) is 5.56 Å². The van der Waals surface area contributed by atoms with Crippen LogP contribution in [0.15, 0.2) is 30.3 Å². The summed E-state index contributed by atoms with van der Waals surface area (Å²) in [5.41, 5.74) is 1.73. The lowest BCUT2D eigenvalue weighted by molar-refractivity contribution is 0.0426. The molecular weight excluding hydrogens is 232 g/mol. The fourth-order valence-electron chi connectivity index (χ4n) is 2.83. The maximum Gasteiger partial charge on any atom is 0.0450 e. The van der Waals surface area contributed by atoms with Gasteiger partial charge in [0.2, 0.25) is 0 Å². The minimum Gasteiger partial charge on any atom is -0.307 e. The zero-order chi connectivity index (χ0) is 14.0. The smallest absolute Gasteiger partial charge is 0.0450 e. The Labute approximate surface area is 118 Å². The van der Waals surface area contributed by atoms with E-state index in [4.69, 9.17) is 0 Å². The lowest BCUT2D eigenvalue weighted by atomic mass is 9.85. The van der Waals surface area contributed by atoms with Crippen LogP contribution in [-0.4, -0.2) is 30.1 Å². The molecule has 0 spiro atoms. The van der Waals surface area contributed by atoms with E-state index >= 15 is 0 Å². The summed E-state index contributed by atoms with van der Waals surface area (Å²) >= 11 is 0. The molecule has 1 aromatic rings. The van der Waals surface area contributed by atoms with Crippen molar-refractivity contribution in [1.82, 2.24) is 10.2 Å². The Hall–Kier alpha value is -0.860. The van der Waals surface area contributed by atoms with Crippen molar-refractivity contribution in [3.05, 3.63) is 35.9 Å². The van der Waals surface area contributed by atoms with Crippen LogP contribution in [0, 0.1) is 5.41 Å². The second-order valence-corrected chi connectivity index (χ2v) is 6.96. The first-order valence-electron chi connectivity index (χ1n) is 7.43. The largest absolute Gasteiger partial charge is 0.307 e. The van der Waals surface area contributed by atoms with Crippen LogP contribution in [0.1, 0.15) is 46.2 Å². The van der Waals surface area contributed by atoms with Crippen molar-refractivity contribution in [2.45, 2.75) is 52.7 Å². The molecular formula is C17H28N2. The Kier molecular flexibility index (Phi) is 4.32. The van der Waals surface area contributed by atoms with Crippen LogP contribution in [0.3, 0.4) is 0 Å². The van der Waals surface area contributed by atoms with Gasteiger partial charge in [-0.3, -0.25) is 4.90 Å². The van der Waals surface area contributed by atoms with Crippen LogP contribution in [0.2, 0.25) is 0 Å². The Morgan fingerprint density at radius 3 is 2.42 bits per heavy atom. The summed E-state index contributed by atoms with van der Waals surface area (Å²) in [6.07, 6.45) is 0. The molecule has 1 aliphatic heterocycles. The third-order valence-corrected chi connectivity index (χ3v) is 4.57. The maximum absolute atomic E-state index is 3.68. The molecule has 1 heterocycles. The van der Waals surface area contributed by atoms with Gasteiger partial charge in [0.25, 0.3) is 0 Å². The summed E-state index contributed by atoms with van der Waals surface area (Å²) in [7, 11) is 0. The van der Waals surface area contributed by atoms with Gasteiger partial charge in [0.1, 0.15) is 0 Å². The van der Waals surface area contributed by atoms with Gasteiger partial charge < -0.3 is 5.32 Å². The highest BCUT2D eigenvalue weighted by atomic mass is 15.3. The first-order chi connectivity index (χ1) is 8.89. The van der Waals surface area contributed by atoms with E-state index in [-0.39, 0.29) is 0 Å². The van der Waals surface area contributed by atoms with Crippen molar-refractivity contribution < 1.29 is 0 Å². The van der Waals surface area contributed by atoms with Gasteiger partial charge in [0, 0.05) is 31.2 Å². The average molecular weight is 260 g/mol. The van der Waals surface area contributed by atoms with Crippen LogP contribution < -0.4 is 5.32 Å². The summed E-state index contributed by atoms with van der Waals surface area (Å²) in [5.74, 6) is 0. The van der Waals surface area contributed by atoms with E-state index in [9.17, 15) is 0 Å². The van der Waals surface area contributed by atoms with Gasteiger partial charge >= 0.3 is 0 Å².